The molecule has 4 heteroatoms. The van der Waals surface area contributed by atoms with Crippen LogP contribution in [0.4, 0.5) is 5.82 Å². The van der Waals surface area contributed by atoms with Crippen molar-refractivity contribution in [3.05, 3.63) is 41.6 Å². The van der Waals surface area contributed by atoms with Crippen LogP contribution in [0.5, 0.6) is 0 Å². The summed E-state index contributed by atoms with van der Waals surface area (Å²) in [6.07, 6.45) is 6.35. The molecule has 0 saturated heterocycles. The zero-order valence-electron chi connectivity index (χ0n) is 8.94. The number of aromatic nitrogens is 3. The maximum atomic E-state index is 5.60. The summed E-state index contributed by atoms with van der Waals surface area (Å²) in [4.78, 5) is 8.37. The van der Waals surface area contributed by atoms with Gasteiger partial charge in [-0.1, -0.05) is 0 Å². The van der Waals surface area contributed by atoms with E-state index in [0.29, 0.717) is 5.82 Å². The summed E-state index contributed by atoms with van der Waals surface area (Å²) in [5.74, 6) is 1.60. The molecule has 0 amide bonds. The number of anilines is 1. The molecule has 0 aliphatic carbocycles. The van der Waals surface area contributed by atoms with Gasteiger partial charge in [0.1, 0.15) is 11.6 Å². The molecule has 2 aromatic heterocycles. The topological polar surface area (TPSA) is 56.7 Å². The highest BCUT2D eigenvalue weighted by molar-refractivity contribution is 5.37. The van der Waals surface area contributed by atoms with Crippen molar-refractivity contribution < 1.29 is 0 Å². The normalized spacial score (nSPS) is 10.5. The van der Waals surface area contributed by atoms with Gasteiger partial charge in [0.25, 0.3) is 0 Å². The van der Waals surface area contributed by atoms with Crippen LogP contribution in [0.2, 0.25) is 0 Å². The molecule has 2 N–H and O–H groups in total. The van der Waals surface area contributed by atoms with E-state index in [1.54, 1.807) is 6.20 Å². The third kappa shape index (κ3) is 1.98. The van der Waals surface area contributed by atoms with Crippen LogP contribution in [0, 0.1) is 6.92 Å². The lowest BCUT2D eigenvalue weighted by molar-refractivity contribution is 0.818. The second-order valence-electron chi connectivity index (χ2n) is 3.67. The quantitative estimate of drug-likeness (QED) is 0.798. The summed E-state index contributed by atoms with van der Waals surface area (Å²) in [6.45, 7) is 2.04. The minimum atomic E-state index is 0.566. The predicted octanol–water partition coefficient (Wildman–Crippen LogP) is 1.30. The standard InChI is InChI=1S/C11H14N4/c1-8-5-10(12)14-7-9(8)6-11-13-3-4-15(11)2/h3-5,7H,6H2,1-2H3,(H2,12,14). The van der Waals surface area contributed by atoms with Crippen LogP contribution in [0.15, 0.2) is 24.7 Å². The van der Waals surface area contributed by atoms with Crippen molar-refractivity contribution in [1.29, 1.82) is 0 Å². The lowest BCUT2D eigenvalue weighted by atomic mass is 10.1. The first-order chi connectivity index (χ1) is 7.16. The van der Waals surface area contributed by atoms with Crippen LogP contribution in [-0.4, -0.2) is 14.5 Å². The monoisotopic (exact) mass is 202 g/mol. The highest BCUT2D eigenvalue weighted by atomic mass is 15.0. The van der Waals surface area contributed by atoms with E-state index in [1.165, 1.54) is 5.56 Å². The van der Waals surface area contributed by atoms with E-state index in [-0.39, 0.29) is 0 Å². The minimum Gasteiger partial charge on any atom is -0.384 e. The number of pyridine rings is 1. The fraction of sp³-hybridized carbons (Fsp3) is 0.273. The number of imidazole rings is 1. The molecule has 0 bridgehead atoms. The second kappa shape index (κ2) is 3.73. The van der Waals surface area contributed by atoms with Crippen LogP contribution in [0.1, 0.15) is 17.0 Å². The Labute approximate surface area is 88.8 Å². The first-order valence-corrected chi connectivity index (χ1v) is 4.84. The molecule has 0 atom stereocenters. The molecular weight excluding hydrogens is 188 g/mol. The van der Waals surface area contributed by atoms with Gasteiger partial charge in [-0.2, -0.15) is 0 Å². The predicted molar refractivity (Wildman–Crippen MR) is 59.4 cm³/mol. The zero-order valence-corrected chi connectivity index (χ0v) is 8.94. The van der Waals surface area contributed by atoms with Crippen LogP contribution in [0.25, 0.3) is 0 Å². The largest absolute Gasteiger partial charge is 0.384 e. The lowest BCUT2D eigenvalue weighted by Gasteiger charge is -2.05. The molecule has 15 heavy (non-hydrogen) atoms. The lowest BCUT2D eigenvalue weighted by Crippen LogP contribution is -2.01. The maximum Gasteiger partial charge on any atom is 0.123 e. The van der Waals surface area contributed by atoms with E-state index in [9.17, 15) is 0 Å². The molecule has 2 rings (SSSR count). The molecular formula is C11H14N4. The van der Waals surface area contributed by atoms with Crippen molar-refractivity contribution in [2.45, 2.75) is 13.3 Å². The number of aryl methyl sites for hydroxylation is 2. The SMILES string of the molecule is Cc1cc(N)ncc1Cc1nccn1C. The second-order valence-corrected chi connectivity index (χ2v) is 3.67. The summed E-state index contributed by atoms with van der Waals surface area (Å²) in [7, 11) is 1.99. The number of nitrogens with zero attached hydrogens (tertiary/aromatic N) is 3. The average molecular weight is 202 g/mol. The Morgan fingerprint density at radius 3 is 2.80 bits per heavy atom. The van der Waals surface area contributed by atoms with Crippen molar-refractivity contribution in [2.75, 3.05) is 5.73 Å². The number of hydrogen-bond donors (Lipinski definition) is 1. The molecule has 4 nitrogen and oxygen atoms in total. The Morgan fingerprint density at radius 1 is 1.40 bits per heavy atom. The van der Waals surface area contributed by atoms with Gasteiger partial charge in [-0.3, -0.25) is 0 Å². The van der Waals surface area contributed by atoms with Crippen LogP contribution in [0.3, 0.4) is 0 Å². The fourth-order valence-corrected chi connectivity index (χ4v) is 1.53. The number of hydrogen-bond acceptors (Lipinski definition) is 3. The molecule has 78 valence electrons. The summed E-state index contributed by atoms with van der Waals surface area (Å²) >= 11 is 0. The molecule has 0 saturated carbocycles. The van der Waals surface area contributed by atoms with E-state index in [4.69, 9.17) is 5.73 Å². The molecule has 0 aliphatic rings. The zero-order chi connectivity index (χ0) is 10.8. The molecule has 2 aromatic rings. The average Bonchev–Trinajstić information content (AvgIpc) is 2.57. The molecule has 0 spiro atoms. The van der Waals surface area contributed by atoms with Crippen LogP contribution < -0.4 is 5.73 Å². The summed E-state index contributed by atoms with van der Waals surface area (Å²) in [5, 5.41) is 0. The van der Waals surface area contributed by atoms with Crippen LogP contribution in [-0.2, 0) is 13.5 Å². The van der Waals surface area contributed by atoms with Crippen molar-refractivity contribution in [3.8, 4) is 0 Å². The van der Waals surface area contributed by atoms with Crippen molar-refractivity contribution in [1.82, 2.24) is 14.5 Å². The molecule has 0 aromatic carbocycles. The summed E-state index contributed by atoms with van der Waals surface area (Å²) in [6, 6.07) is 1.89. The van der Waals surface area contributed by atoms with Crippen molar-refractivity contribution >= 4 is 5.82 Å². The van der Waals surface area contributed by atoms with Gasteiger partial charge in [0.05, 0.1) is 0 Å². The number of rotatable bonds is 2. The van der Waals surface area contributed by atoms with Gasteiger partial charge in [-0.15, -0.1) is 0 Å². The first-order valence-electron chi connectivity index (χ1n) is 4.84. The Bertz CT molecular complexity index is 473. The number of nitrogen functional groups attached to an aromatic ring is 1. The van der Waals surface area contributed by atoms with E-state index in [0.717, 1.165) is 17.8 Å². The minimum absolute atomic E-state index is 0.566. The van der Waals surface area contributed by atoms with Crippen molar-refractivity contribution in [2.24, 2.45) is 7.05 Å². The van der Waals surface area contributed by atoms with Gasteiger partial charge in [-0.25, -0.2) is 9.97 Å². The molecule has 0 aliphatic heterocycles. The summed E-state index contributed by atoms with van der Waals surface area (Å²) in [5.41, 5.74) is 7.92. The Kier molecular flexibility index (Phi) is 2.41. The molecule has 0 unspecified atom stereocenters. The Hall–Kier alpha value is -1.84. The maximum absolute atomic E-state index is 5.60. The van der Waals surface area contributed by atoms with E-state index < -0.39 is 0 Å². The van der Waals surface area contributed by atoms with Gasteiger partial charge < -0.3 is 10.3 Å². The van der Waals surface area contributed by atoms with E-state index in [1.807, 2.05) is 37.0 Å². The first kappa shape index (κ1) is 9.71. The fourth-order valence-electron chi connectivity index (χ4n) is 1.53. The van der Waals surface area contributed by atoms with Crippen LogP contribution >= 0.6 is 0 Å². The van der Waals surface area contributed by atoms with Gasteiger partial charge in [0.2, 0.25) is 0 Å². The number of nitrogens with two attached hydrogens (primary N) is 1. The third-order valence-electron chi connectivity index (χ3n) is 2.51. The molecule has 2 heterocycles. The van der Waals surface area contributed by atoms with Gasteiger partial charge in [-0.05, 0) is 24.1 Å². The summed E-state index contributed by atoms with van der Waals surface area (Å²) < 4.78 is 2.01. The van der Waals surface area contributed by atoms with Gasteiger partial charge in [0.15, 0.2) is 0 Å². The smallest absolute Gasteiger partial charge is 0.123 e. The van der Waals surface area contributed by atoms with Crippen molar-refractivity contribution in [3.63, 3.8) is 0 Å². The highest BCUT2D eigenvalue weighted by Gasteiger charge is 2.04. The Balaban J connectivity index is 2.29. The van der Waals surface area contributed by atoms with Gasteiger partial charge >= 0.3 is 0 Å². The van der Waals surface area contributed by atoms with E-state index in [2.05, 4.69) is 9.97 Å². The third-order valence-corrected chi connectivity index (χ3v) is 2.51. The Morgan fingerprint density at radius 2 is 2.20 bits per heavy atom. The highest BCUT2D eigenvalue weighted by Crippen LogP contribution is 2.13. The van der Waals surface area contributed by atoms with E-state index >= 15 is 0 Å². The van der Waals surface area contributed by atoms with Gasteiger partial charge in [0, 0.05) is 32.1 Å². The molecule has 0 radical (unpaired) electrons. The molecule has 0 fully saturated rings.